The Morgan fingerprint density at radius 1 is 1.08 bits per heavy atom. The molecule has 0 aliphatic carbocycles. The summed E-state index contributed by atoms with van der Waals surface area (Å²) in [5.41, 5.74) is 5.67. The Hall–Kier alpha value is -3.15. The van der Waals surface area contributed by atoms with Gasteiger partial charge in [-0.1, -0.05) is 60.7 Å². The van der Waals surface area contributed by atoms with Gasteiger partial charge in [0.1, 0.15) is 17.3 Å². The average Bonchev–Trinajstić information content (AvgIpc) is 3.06. The highest BCUT2D eigenvalue weighted by Crippen LogP contribution is 2.45. The minimum atomic E-state index is -1.39. The number of carboxylic acid groups (broad SMARTS) is 1. The number of carbonyl (C=O) groups excluding carboxylic acids is 1. The maximum atomic E-state index is 12.7. The topological polar surface area (TPSA) is 107 Å². The van der Waals surface area contributed by atoms with Crippen molar-refractivity contribution < 1.29 is 14.7 Å². The molecule has 1 fully saturated rings. The summed E-state index contributed by atoms with van der Waals surface area (Å²) in [7, 11) is 0. The van der Waals surface area contributed by atoms with Crippen LogP contribution in [-0.4, -0.2) is 34.3 Å². The van der Waals surface area contributed by atoms with E-state index in [4.69, 9.17) is 11.1 Å². The van der Waals surface area contributed by atoms with Crippen LogP contribution in [0.3, 0.4) is 0 Å². The van der Waals surface area contributed by atoms with Gasteiger partial charge in [-0.05, 0) is 17.5 Å². The molecule has 3 rings (SSSR count). The summed E-state index contributed by atoms with van der Waals surface area (Å²) in [5.74, 6) is -3.24. The molecule has 26 heavy (non-hydrogen) atoms. The smallest absolute Gasteiger partial charge is 0.317 e. The van der Waals surface area contributed by atoms with E-state index in [2.05, 4.69) is 0 Å². The van der Waals surface area contributed by atoms with Crippen molar-refractivity contribution in [2.24, 2.45) is 11.7 Å². The number of amides is 1. The Labute approximate surface area is 151 Å². The highest BCUT2D eigenvalue weighted by atomic mass is 16.4. The highest BCUT2D eigenvalue weighted by molar-refractivity contribution is 6.01. The molecule has 2 aromatic rings. The first-order valence-electron chi connectivity index (χ1n) is 8.47. The van der Waals surface area contributed by atoms with Crippen LogP contribution in [0.2, 0.25) is 0 Å². The Bertz CT molecular complexity index is 767. The van der Waals surface area contributed by atoms with Crippen molar-refractivity contribution in [1.29, 1.82) is 5.41 Å². The van der Waals surface area contributed by atoms with Crippen LogP contribution < -0.4 is 5.73 Å². The maximum absolute atomic E-state index is 12.7. The molecule has 134 valence electrons. The summed E-state index contributed by atoms with van der Waals surface area (Å²) in [4.78, 5) is 26.6. The number of hydrogen-bond acceptors (Lipinski definition) is 3. The van der Waals surface area contributed by atoms with Crippen molar-refractivity contribution in [3.8, 4) is 0 Å². The zero-order chi connectivity index (χ0) is 18.7. The molecule has 6 heteroatoms. The molecule has 1 amide bonds. The van der Waals surface area contributed by atoms with Gasteiger partial charge in [0.25, 0.3) is 0 Å². The largest absolute Gasteiger partial charge is 0.481 e. The lowest BCUT2D eigenvalue weighted by Gasteiger charge is -2.46. The van der Waals surface area contributed by atoms with E-state index in [-0.39, 0.29) is 5.91 Å². The number of carbonyl (C=O) groups is 2. The van der Waals surface area contributed by atoms with E-state index in [1.54, 1.807) is 53.4 Å². The average molecular weight is 351 g/mol. The van der Waals surface area contributed by atoms with Crippen molar-refractivity contribution in [3.05, 3.63) is 71.8 Å². The molecule has 0 aromatic heterocycles. The summed E-state index contributed by atoms with van der Waals surface area (Å²) >= 11 is 0. The van der Waals surface area contributed by atoms with E-state index in [9.17, 15) is 14.7 Å². The van der Waals surface area contributed by atoms with Gasteiger partial charge in [-0.2, -0.15) is 0 Å². The molecule has 0 radical (unpaired) electrons. The van der Waals surface area contributed by atoms with Gasteiger partial charge in [-0.3, -0.25) is 15.0 Å². The van der Waals surface area contributed by atoms with Gasteiger partial charge >= 0.3 is 5.97 Å². The fourth-order valence-electron chi connectivity index (χ4n) is 3.91. The van der Waals surface area contributed by atoms with Gasteiger partial charge in [0, 0.05) is 13.0 Å². The van der Waals surface area contributed by atoms with Crippen LogP contribution in [0.15, 0.2) is 60.7 Å². The maximum Gasteiger partial charge on any atom is 0.317 e. The van der Waals surface area contributed by atoms with Crippen molar-refractivity contribution >= 4 is 17.7 Å². The van der Waals surface area contributed by atoms with Gasteiger partial charge in [0.15, 0.2) is 0 Å². The minimum absolute atomic E-state index is 0.134. The molecule has 0 saturated carbocycles. The van der Waals surface area contributed by atoms with E-state index in [1.807, 2.05) is 12.1 Å². The zero-order valence-corrected chi connectivity index (χ0v) is 14.3. The van der Waals surface area contributed by atoms with Crippen LogP contribution >= 0.6 is 0 Å². The van der Waals surface area contributed by atoms with E-state index in [0.29, 0.717) is 30.5 Å². The number of nitrogens with one attached hydrogen (secondary N) is 1. The van der Waals surface area contributed by atoms with Gasteiger partial charge in [-0.15, -0.1) is 0 Å². The Kier molecular flexibility index (Phi) is 4.75. The monoisotopic (exact) mass is 351 g/mol. The molecule has 0 bridgehead atoms. The van der Waals surface area contributed by atoms with Gasteiger partial charge < -0.3 is 15.7 Å². The summed E-state index contributed by atoms with van der Waals surface area (Å²) in [5, 5.41) is 18.0. The number of nitrogens with zero attached hydrogens (tertiary/aromatic N) is 1. The molecule has 1 heterocycles. The second kappa shape index (κ2) is 7.00. The SMILES string of the molecule is N=C(N)C(C(=O)O)C(c1ccccc1)(c1ccccc1)N1CCCC1=O. The molecule has 4 N–H and O–H groups in total. The number of carboxylic acids is 1. The first kappa shape index (κ1) is 17.7. The molecule has 1 atom stereocenters. The molecule has 1 aliphatic heterocycles. The van der Waals surface area contributed by atoms with Crippen LogP contribution in [0.4, 0.5) is 0 Å². The highest BCUT2D eigenvalue weighted by Gasteiger charge is 2.54. The number of nitrogens with two attached hydrogens (primary N) is 1. The lowest BCUT2D eigenvalue weighted by atomic mass is 9.71. The Morgan fingerprint density at radius 3 is 1.92 bits per heavy atom. The van der Waals surface area contributed by atoms with Gasteiger partial charge in [0.2, 0.25) is 5.91 Å². The van der Waals surface area contributed by atoms with Crippen LogP contribution in [-0.2, 0) is 15.1 Å². The minimum Gasteiger partial charge on any atom is -0.481 e. The van der Waals surface area contributed by atoms with Crippen molar-refractivity contribution in [2.45, 2.75) is 18.4 Å². The summed E-state index contributed by atoms with van der Waals surface area (Å²) < 4.78 is 0. The van der Waals surface area contributed by atoms with Gasteiger partial charge in [0.05, 0.1) is 0 Å². The number of benzene rings is 2. The Morgan fingerprint density at radius 2 is 1.58 bits per heavy atom. The lowest BCUT2D eigenvalue weighted by Crippen LogP contribution is -2.58. The number of rotatable bonds is 6. The third-order valence-corrected chi connectivity index (χ3v) is 4.90. The summed E-state index contributed by atoms with van der Waals surface area (Å²) in [6.45, 7) is 0.416. The van der Waals surface area contributed by atoms with E-state index < -0.39 is 23.3 Å². The number of likely N-dealkylation sites (tertiary alicyclic amines) is 1. The zero-order valence-electron chi connectivity index (χ0n) is 14.3. The van der Waals surface area contributed by atoms with Crippen molar-refractivity contribution in [2.75, 3.05) is 6.54 Å². The van der Waals surface area contributed by atoms with Crippen LogP contribution in [0.1, 0.15) is 24.0 Å². The molecule has 6 nitrogen and oxygen atoms in total. The molecule has 0 spiro atoms. The van der Waals surface area contributed by atoms with E-state index in [1.165, 1.54) is 0 Å². The van der Waals surface area contributed by atoms with E-state index >= 15 is 0 Å². The fourth-order valence-corrected chi connectivity index (χ4v) is 3.91. The normalized spacial score (nSPS) is 15.7. The second-order valence-electron chi connectivity index (χ2n) is 6.37. The molecule has 1 unspecified atom stereocenters. The Balaban J connectivity index is 2.40. The molecule has 2 aromatic carbocycles. The first-order valence-corrected chi connectivity index (χ1v) is 8.47. The second-order valence-corrected chi connectivity index (χ2v) is 6.37. The quantitative estimate of drug-likeness (QED) is 0.547. The third kappa shape index (κ3) is 2.73. The molecule has 1 saturated heterocycles. The fraction of sp³-hybridized carbons (Fsp3) is 0.250. The number of aliphatic carboxylic acids is 1. The molecular weight excluding hydrogens is 330 g/mol. The lowest BCUT2D eigenvalue weighted by molar-refractivity contribution is -0.146. The van der Waals surface area contributed by atoms with Crippen LogP contribution in [0.5, 0.6) is 0 Å². The number of amidine groups is 1. The standard InChI is InChI=1S/C20H21N3O3/c21-18(22)17(19(25)26)20(14-8-3-1-4-9-14,15-10-5-2-6-11-15)23-13-7-12-16(23)24/h1-6,8-11,17H,7,12-13H2,(H3,21,22)(H,25,26). The van der Waals surface area contributed by atoms with Crippen LogP contribution in [0.25, 0.3) is 0 Å². The molecule has 1 aliphatic rings. The predicted molar refractivity (Wildman–Crippen MR) is 97.7 cm³/mol. The van der Waals surface area contributed by atoms with Crippen molar-refractivity contribution in [1.82, 2.24) is 4.90 Å². The van der Waals surface area contributed by atoms with E-state index in [0.717, 1.165) is 0 Å². The summed E-state index contributed by atoms with van der Waals surface area (Å²) in [6, 6.07) is 18.0. The summed E-state index contributed by atoms with van der Waals surface area (Å²) in [6.07, 6.45) is 0.996. The predicted octanol–water partition coefficient (Wildman–Crippen LogP) is 2.19. The number of hydrogen-bond donors (Lipinski definition) is 3. The first-order chi connectivity index (χ1) is 12.5. The van der Waals surface area contributed by atoms with Crippen LogP contribution in [0, 0.1) is 11.3 Å². The van der Waals surface area contributed by atoms with Crippen molar-refractivity contribution in [3.63, 3.8) is 0 Å². The molecular formula is C20H21N3O3. The third-order valence-electron chi connectivity index (χ3n) is 4.90. The van der Waals surface area contributed by atoms with Gasteiger partial charge in [-0.25, -0.2) is 0 Å².